The third kappa shape index (κ3) is 3.09. The number of hydrogen-bond acceptors (Lipinski definition) is 3. The molecule has 1 aromatic carbocycles. The van der Waals surface area contributed by atoms with Gasteiger partial charge in [-0.2, -0.15) is 0 Å². The predicted molar refractivity (Wildman–Crippen MR) is 104 cm³/mol. The molecule has 0 aliphatic heterocycles. The lowest BCUT2D eigenvalue weighted by molar-refractivity contribution is -0.122. The number of benzene rings is 1. The van der Waals surface area contributed by atoms with Crippen LogP contribution in [0.2, 0.25) is 0 Å². The van der Waals surface area contributed by atoms with Crippen molar-refractivity contribution in [3.8, 4) is 0 Å². The minimum Gasteiger partial charge on any atom is -0.347 e. The van der Waals surface area contributed by atoms with Crippen molar-refractivity contribution in [1.82, 2.24) is 14.5 Å². The molecule has 1 N–H and O–H groups in total. The number of fused-ring (bicyclic) bond motifs is 1. The Morgan fingerprint density at radius 2 is 1.92 bits per heavy atom. The highest BCUT2D eigenvalue weighted by molar-refractivity contribution is 7.10. The highest BCUT2D eigenvalue weighted by atomic mass is 32.1. The molecule has 3 aromatic rings. The van der Waals surface area contributed by atoms with Gasteiger partial charge >= 0.3 is 5.69 Å². The maximum absolute atomic E-state index is 12.8. The highest BCUT2D eigenvalue weighted by Gasteiger charge is 2.28. The minimum atomic E-state index is -0.158. The maximum atomic E-state index is 12.8. The SMILES string of the molecule is Cn1c(=O)n(CC(=O)NC(c2cccs2)C2CCCC2)c2ccccc21. The highest BCUT2D eigenvalue weighted by Crippen LogP contribution is 2.37. The molecule has 26 heavy (non-hydrogen) atoms. The summed E-state index contributed by atoms with van der Waals surface area (Å²) >= 11 is 1.69. The van der Waals surface area contributed by atoms with E-state index in [1.807, 2.05) is 30.3 Å². The van der Waals surface area contributed by atoms with Gasteiger partial charge in [-0.25, -0.2) is 4.79 Å². The molecular formula is C20H23N3O2S. The molecule has 1 unspecified atom stereocenters. The molecule has 1 aliphatic carbocycles. The quantitative estimate of drug-likeness (QED) is 0.749. The van der Waals surface area contributed by atoms with Crippen LogP contribution in [0, 0.1) is 5.92 Å². The molecule has 1 amide bonds. The van der Waals surface area contributed by atoms with Gasteiger partial charge < -0.3 is 5.32 Å². The van der Waals surface area contributed by atoms with E-state index in [0.29, 0.717) is 5.92 Å². The second-order valence-corrected chi connectivity index (χ2v) is 8.00. The second-order valence-electron chi connectivity index (χ2n) is 7.02. The molecule has 0 radical (unpaired) electrons. The number of thiophene rings is 1. The van der Waals surface area contributed by atoms with Crippen LogP contribution < -0.4 is 11.0 Å². The summed E-state index contributed by atoms with van der Waals surface area (Å²) in [4.78, 5) is 26.6. The number of amides is 1. The Hall–Kier alpha value is -2.34. The lowest BCUT2D eigenvalue weighted by atomic mass is 9.96. The van der Waals surface area contributed by atoms with Gasteiger partial charge in [0, 0.05) is 11.9 Å². The van der Waals surface area contributed by atoms with Crippen molar-refractivity contribution in [1.29, 1.82) is 0 Å². The zero-order chi connectivity index (χ0) is 18.1. The number of rotatable bonds is 5. The molecule has 0 bridgehead atoms. The molecule has 2 aromatic heterocycles. The van der Waals surface area contributed by atoms with Crippen molar-refractivity contribution in [2.75, 3.05) is 0 Å². The molecule has 1 saturated carbocycles. The lowest BCUT2D eigenvalue weighted by Gasteiger charge is -2.24. The van der Waals surface area contributed by atoms with Crippen molar-refractivity contribution >= 4 is 28.3 Å². The van der Waals surface area contributed by atoms with Crippen molar-refractivity contribution in [2.24, 2.45) is 13.0 Å². The third-order valence-corrected chi connectivity index (χ3v) is 6.35. The normalized spacial score (nSPS) is 16.2. The first-order chi connectivity index (χ1) is 12.6. The summed E-state index contributed by atoms with van der Waals surface area (Å²) in [5, 5.41) is 5.27. The van der Waals surface area contributed by atoms with Crippen LogP contribution in [0.5, 0.6) is 0 Å². The number of aromatic nitrogens is 2. The van der Waals surface area contributed by atoms with Crippen LogP contribution in [0.3, 0.4) is 0 Å². The summed E-state index contributed by atoms with van der Waals surface area (Å²) in [5.41, 5.74) is 1.48. The molecule has 1 fully saturated rings. The second kappa shape index (κ2) is 7.11. The Bertz CT molecular complexity index is 965. The van der Waals surface area contributed by atoms with Gasteiger partial charge in [0.1, 0.15) is 6.54 Å². The molecule has 0 spiro atoms. The average Bonchev–Trinajstić information content (AvgIpc) is 3.40. The summed E-state index contributed by atoms with van der Waals surface area (Å²) in [6, 6.07) is 11.8. The largest absolute Gasteiger partial charge is 0.347 e. The van der Waals surface area contributed by atoms with E-state index in [2.05, 4.69) is 16.8 Å². The summed E-state index contributed by atoms with van der Waals surface area (Å²) < 4.78 is 3.15. The molecule has 4 rings (SSSR count). The monoisotopic (exact) mass is 369 g/mol. The number of imidazole rings is 1. The van der Waals surface area contributed by atoms with E-state index >= 15 is 0 Å². The molecule has 2 heterocycles. The Morgan fingerprint density at radius 3 is 2.62 bits per heavy atom. The van der Waals surface area contributed by atoms with Crippen LogP contribution in [0.15, 0.2) is 46.6 Å². The molecule has 136 valence electrons. The number of carbonyl (C=O) groups excluding carboxylic acids is 1. The van der Waals surface area contributed by atoms with Crippen LogP contribution in [-0.4, -0.2) is 15.0 Å². The Balaban J connectivity index is 1.58. The number of nitrogens with one attached hydrogen (secondary N) is 1. The summed E-state index contributed by atoms with van der Waals surface area (Å²) in [6.45, 7) is 0.0504. The fraction of sp³-hybridized carbons (Fsp3) is 0.400. The average molecular weight is 369 g/mol. The molecule has 5 nitrogen and oxygen atoms in total. The number of hydrogen-bond donors (Lipinski definition) is 1. The lowest BCUT2D eigenvalue weighted by Crippen LogP contribution is -2.37. The van der Waals surface area contributed by atoms with E-state index in [-0.39, 0.29) is 24.2 Å². The van der Waals surface area contributed by atoms with Crippen LogP contribution in [0.1, 0.15) is 36.6 Å². The van der Waals surface area contributed by atoms with E-state index < -0.39 is 0 Å². The number of nitrogens with zero attached hydrogens (tertiary/aromatic N) is 2. The van der Waals surface area contributed by atoms with Crippen LogP contribution in [0.4, 0.5) is 0 Å². The predicted octanol–water partition coefficient (Wildman–Crippen LogP) is 3.45. The number of aryl methyl sites for hydroxylation is 1. The zero-order valence-electron chi connectivity index (χ0n) is 14.9. The van der Waals surface area contributed by atoms with Crippen molar-refractivity contribution in [3.05, 3.63) is 57.1 Å². The van der Waals surface area contributed by atoms with Crippen molar-refractivity contribution in [2.45, 2.75) is 38.3 Å². The van der Waals surface area contributed by atoms with Crippen LogP contribution >= 0.6 is 11.3 Å². The van der Waals surface area contributed by atoms with Gasteiger partial charge in [0.25, 0.3) is 0 Å². The summed E-state index contributed by atoms with van der Waals surface area (Å²) in [5.74, 6) is 0.385. The van der Waals surface area contributed by atoms with Gasteiger partial charge in [0.2, 0.25) is 5.91 Å². The third-order valence-electron chi connectivity index (χ3n) is 5.39. The maximum Gasteiger partial charge on any atom is 0.329 e. The Kier molecular flexibility index (Phi) is 4.68. The topological polar surface area (TPSA) is 56.0 Å². The Morgan fingerprint density at radius 1 is 1.19 bits per heavy atom. The van der Waals surface area contributed by atoms with E-state index in [0.717, 1.165) is 23.9 Å². The molecule has 6 heteroatoms. The fourth-order valence-electron chi connectivity index (χ4n) is 4.06. The molecule has 1 atom stereocenters. The van der Waals surface area contributed by atoms with Gasteiger partial charge in [0.15, 0.2) is 0 Å². The van der Waals surface area contributed by atoms with E-state index in [9.17, 15) is 9.59 Å². The smallest absolute Gasteiger partial charge is 0.329 e. The first kappa shape index (κ1) is 17.1. The summed E-state index contributed by atoms with van der Waals surface area (Å²) in [6.07, 6.45) is 4.75. The molecule has 1 aliphatic rings. The van der Waals surface area contributed by atoms with Gasteiger partial charge in [-0.15, -0.1) is 11.3 Å². The van der Waals surface area contributed by atoms with Crippen LogP contribution in [-0.2, 0) is 18.4 Å². The zero-order valence-corrected chi connectivity index (χ0v) is 15.7. The van der Waals surface area contributed by atoms with Gasteiger partial charge in [-0.05, 0) is 42.3 Å². The van der Waals surface area contributed by atoms with Crippen molar-refractivity contribution < 1.29 is 4.79 Å². The standard InChI is InChI=1S/C20H23N3O2S/c1-22-15-9-4-5-10-16(15)23(20(22)25)13-18(24)21-19(14-7-2-3-8-14)17-11-6-12-26-17/h4-6,9-12,14,19H,2-3,7-8,13H2,1H3,(H,21,24). The van der Waals surface area contributed by atoms with E-state index in [4.69, 9.17) is 0 Å². The fourth-order valence-corrected chi connectivity index (χ4v) is 4.93. The number of para-hydroxylation sites is 2. The van der Waals surface area contributed by atoms with Crippen molar-refractivity contribution in [3.63, 3.8) is 0 Å². The van der Waals surface area contributed by atoms with Gasteiger partial charge in [-0.1, -0.05) is 31.0 Å². The van der Waals surface area contributed by atoms with Gasteiger partial charge in [-0.3, -0.25) is 13.9 Å². The van der Waals surface area contributed by atoms with Crippen LogP contribution in [0.25, 0.3) is 11.0 Å². The summed E-state index contributed by atoms with van der Waals surface area (Å²) in [7, 11) is 1.74. The van der Waals surface area contributed by atoms with E-state index in [1.165, 1.54) is 17.7 Å². The van der Waals surface area contributed by atoms with E-state index in [1.54, 1.807) is 27.5 Å². The minimum absolute atomic E-state index is 0.0504. The molecule has 0 saturated heterocycles. The first-order valence-corrected chi connectivity index (χ1v) is 10.00. The first-order valence-electron chi connectivity index (χ1n) is 9.12. The van der Waals surface area contributed by atoms with Gasteiger partial charge in [0.05, 0.1) is 17.1 Å². The Labute approximate surface area is 156 Å². The molecular weight excluding hydrogens is 346 g/mol. The number of carbonyl (C=O) groups is 1.